The van der Waals surface area contributed by atoms with Gasteiger partial charge in [-0.05, 0) is 44.2 Å². The lowest BCUT2D eigenvalue weighted by molar-refractivity contribution is 0.584. The van der Waals surface area contributed by atoms with Crippen LogP contribution in [0.15, 0.2) is 24.3 Å². The van der Waals surface area contributed by atoms with E-state index in [4.69, 9.17) is 0 Å². The highest BCUT2D eigenvalue weighted by molar-refractivity contribution is 5.46. The molecule has 15 heavy (non-hydrogen) atoms. The maximum Gasteiger partial charge on any atom is 0.123 e. The fourth-order valence-electron chi connectivity index (χ4n) is 1.99. The Balaban J connectivity index is 2.11. The minimum Gasteiger partial charge on any atom is -0.370 e. The van der Waals surface area contributed by atoms with Crippen molar-refractivity contribution in [2.45, 2.75) is 19.4 Å². The standard InChI is InChI=1S/C12H17FN2/c1-10-9-15(8-2-7-14-10)12-5-3-11(13)4-6-12/h3-6,10,14H,2,7-9H2,1H3. The Bertz CT molecular complexity index is 310. The number of rotatable bonds is 1. The molecule has 0 bridgehead atoms. The molecule has 82 valence electrons. The van der Waals surface area contributed by atoms with E-state index in [0.29, 0.717) is 6.04 Å². The van der Waals surface area contributed by atoms with Crippen LogP contribution in [0, 0.1) is 5.82 Å². The zero-order valence-electron chi connectivity index (χ0n) is 9.04. The first-order chi connectivity index (χ1) is 7.25. The number of hydrogen-bond donors (Lipinski definition) is 1. The molecule has 1 fully saturated rings. The van der Waals surface area contributed by atoms with E-state index in [9.17, 15) is 4.39 Å². The third-order valence-electron chi connectivity index (χ3n) is 2.78. The molecule has 2 nitrogen and oxygen atoms in total. The van der Waals surface area contributed by atoms with Crippen molar-refractivity contribution >= 4 is 5.69 Å². The second-order valence-corrected chi connectivity index (χ2v) is 4.13. The number of nitrogens with zero attached hydrogens (tertiary/aromatic N) is 1. The van der Waals surface area contributed by atoms with Crippen LogP contribution >= 0.6 is 0 Å². The molecule has 0 amide bonds. The van der Waals surface area contributed by atoms with Crippen LogP contribution < -0.4 is 10.2 Å². The predicted molar refractivity (Wildman–Crippen MR) is 60.7 cm³/mol. The SMILES string of the molecule is CC1CN(c2ccc(F)cc2)CCCN1. The average molecular weight is 208 g/mol. The smallest absolute Gasteiger partial charge is 0.123 e. The van der Waals surface area contributed by atoms with Crippen LogP contribution in [-0.2, 0) is 0 Å². The normalized spacial score (nSPS) is 22.5. The Morgan fingerprint density at radius 2 is 2.07 bits per heavy atom. The summed E-state index contributed by atoms with van der Waals surface area (Å²) in [6.07, 6.45) is 1.14. The summed E-state index contributed by atoms with van der Waals surface area (Å²) in [4.78, 5) is 2.31. The molecule has 1 unspecified atom stereocenters. The number of nitrogens with one attached hydrogen (secondary N) is 1. The molecule has 1 N–H and O–H groups in total. The van der Waals surface area contributed by atoms with Crippen molar-refractivity contribution in [3.8, 4) is 0 Å². The Morgan fingerprint density at radius 3 is 2.80 bits per heavy atom. The van der Waals surface area contributed by atoms with Gasteiger partial charge in [-0.25, -0.2) is 4.39 Å². The minimum absolute atomic E-state index is 0.167. The second-order valence-electron chi connectivity index (χ2n) is 4.13. The lowest BCUT2D eigenvalue weighted by Crippen LogP contribution is -2.35. The Morgan fingerprint density at radius 1 is 1.33 bits per heavy atom. The quantitative estimate of drug-likeness (QED) is 0.759. The van der Waals surface area contributed by atoms with Crippen molar-refractivity contribution in [2.75, 3.05) is 24.5 Å². The van der Waals surface area contributed by atoms with Gasteiger partial charge in [0.25, 0.3) is 0 Å². The van der Waals surface area contributed by atoms with Gasteiger partial charge in [0.15, 0.2) is 0 Å². The fourth-order valence-corrected chi connectivity index (χ4v) is 1.99. The van der Waals surface area contributed by atoms with E-state index in [2.05, 4.69) is 17.1 Å². The first kappa shape index (κ1) is 10.4. The molecule has 0 aliphatic carbocycles. The van der Waals surface area contributed by atoms with Crippen molar-refractivity contribution in [1.82, 2.24) is 5.32 Å². The van der Waals surface area contributed by atoms with Crippen LogP contribution in [0.3, 0.4) is 0 Å². The Hall–Kier alpha value is -1.09. The van der Waals surface area contributed by atoms with Crippen LogP contribution in [0.2, 0.25) is 0 Å². The van der Waals surface area contributed by atoms with Gasteiger partial charge in [0, 0.05) is 24.8 Å². The summed E-state index contributed by atoms with van der Waals surface area (Å²) in [5, 5.41) is 3.44. The van der Waals surface area contributed by atoms with Crippen LogP contribution in [0.4, 0.5) is 10.1 Å². The zero-order chi connectivity index (χ0) is 10.7. The number of hydrogen-bond acceptors (Lipinski definition) is 2. The molecule has 0 saturated carbocycles. The maximum absolute atomic E-state index is 12.8. The van der Waals surface area contributed by atoms with Crippen molar-refractivity contribution in [3.63, 3.8) is 0 Å². The van der Waals surface area contributed by atoms with Crippen LogP contribution in [-0.4, -0.2) is 25.7 Å². The van der Waals surface area contributed by atoms with E-state index in [1.165, 1.54) is 12.1 Å². The molecule has 0 radical (unpaired) electrons. The van der Waals surface area contributed by atoms with Gasteiger partial charge in [0.05, 0.1) is 0 Å². The van der Waals surface area contributed by atoms with Crippen LogP contribution in [0.5, 0.6) is 0 Å². The van der Waals surface area contributed by atoms with Crippen molar-refractivity contribution < 1.29 is 4.39 Å². The molecular weight excluding hydrogens is 191 g/mol. The minimum atomic E-state index is -0.167. The fraction of sp³-hybridized carbons (Fsp3) is 0.500. The highest BCUT2D eigenvalue weighted by Crippen LogP contribution is 2.16. The molecule has 1 aliphatic heterocycles. The highest BCUT2D eigenvalue weighted by atomic mass is 19.1. The molecule has 1 aromatic rings. The van der Waals surface area contributed by atoms with E-state index < -0.39 is 0 Å². The molecule has 1 atom stereocenters. The van der Waals surface area contributed by atoms with Crippen molar-refractivity contribution in [1.29, 1.82) is 0 Å². The largest absolute Gasteiger partial charge is 0.370 e. The molecule has 3 heteroatoms. The van der Waals surface area contributed by atoms with Gasteiger partial charge >= 0.3 is 0 Å². The summed E-state index contributed by atoms with van der Waals surface area (Å²) in [7, 11) is 0. The lowest BCUT2D eigenvalue weighted by Gasteiger charge is -2.24. The number of anilines is 1. The lowest BCUT2D eigenvalue weighted by atomic mass is 10.2. The van der Waals surface area contributed by atoms with Crippen LogP contribution in [0.25, 0.3) is 0 Å². The van der Waals surface area contributed by atoms with Crippen molar-refractivity contribution in [2.24, 2.45) is 0 Å². The topological polar surface area (TPSA) is 15.3 Å². The molecule has 1 heterocycles. The molecule has 0 spiro atoms. The molecule has 1 saturated heterocycles. The van der Waals surface area contributed by atoms with Gasteiger partial charge in [0.2, 0.25) is 0 Å². The predicted octanol–water partition coefficient (Wildman–Crippen LogP) is 2.01. The Labute approximate surface area is 90.1 Å². The summed E-state index contributed by atoms with van der Waals surface area (Å²) < 4.78 is 12.8. The summed E-state index contributed by atoms with van der Waals surface area (Å²) >= 11 is 0. The summed E-state index contributed by atoms with van der Waals surface area (Å²) in [6, 6.07) is 7.26. The molecule has 2 rings (SSSR count). The molecule has 1 aliphatic rings. The third-order valence-corrected chi connectivity index (χ3v) is 2.78. The average Bonchev–Trinajstić information content (AvgIpc) is 2.44. The van der Waals surface area contributed by atoms with E-state index in [0.717, 1.165) is 31.7 Å². The van der Waals surface area contributed by atoms with Gasteiger partial charge in [-0.1, -0.05) is 0 Å². The van der Waals surface area contributed by atoms with E-state index in [1.807, 2.05) is 12.1 Å². The number of benzene rings is 1. The van der Waals surface area contributed by atoms with Gasteiger partial charge in [-0.15, -0.1) is 0 Å². The first-order valence-electron chi connectivity index (χ1n) is 5.49. The molecule has 1 aromatic carbocycles. The summed E-state index contributed by atoms with van der Waals surface area (Å²) in [6.45, 7) is 5.29. The number of halogens is 1. The van der Waals surface area contributed by atoms with E-state index in [-0.39, 0.29) is 5.82 Å². The van der Waals surface area contributed by atoms with Gasteiger partial charge in [0.1, 0.15) is 5.82 Å². The molecule has 0 aromatic heterocycles. The summed E-state index contributed by atoms with van der Waals surface area (Å²) in [5.41, 5.74) is 1.12. The Kier molecular flexibility index (Phi) is 3.21. The van der Waals surface area contributed by atoms with E-state index >= 15 is 0 Å². The van der Waals surface area contributed by atoms with Crippen molar-refractivity contribution in [3.05, 3.63) is 30.1 Å². The zero-order valence-corrected chi connectivity index (χ0v) is 9.04. The second kappa shape index (κ2) is 4.62. The van der Waals surface area contributed by atoms with Gasteiger partial charge in [-0.3, -0.25) is 0 Å². The summed E-state index contributed by atoms with van der Waals surface area (Å²) in [5.74, 6) is -0.167. The molecular formula is C12H17FN2. The third kappa shape index (κ3) is 2.69. The highest BCUT2D eigenvalue weighted by Gasteiger charge is 2.13. The maximum atomic E-state index is 12.8. The van der Waals surface area contributed by atoms with E-state index in [1.54, 1.807) is 0 Å². The monoisotopic (exact) mass is 208 g/mol. The van der Waals surface area contributed by atoms with Crippen LogP contribution in [0.1, 0.15) is 13.3 Å². The van der Waals surface area contributed by atoms with Gasteiger partial charge in [-0.2, -0.15) is 0 Å². The first-order valence-corrected chi connectivity index (χ1v) is 5.49. The van der Waals surface area contributed by atoms with Gasteiger partial charge < -0.3 is 10.2 Å².